The van der Waals surface area contributed by atoms with Crippen molar-refractivity contribution in [2.24, 2.45) is 0 Å². The van der Waals surface area contributed by atoms with E-state index in [1.807, 2.05) is 90.9 Å². The number of nitrogens with zero attached hydrogens (tertiary/aromatic N) is 7. The van der Waals surface area contributed by atoms with Gasteiger partial charge >= 0.3 is 6.09 Å². The molecule has 1 amide bonds. The summed E-state index contributed by atoms with van der Waals surface area (Å²) in [4.78, 5) is 53.5. The molecule has 16 nitrogen and oxygen atoms in total. The van der Waals surface area contributed by atoms with Gasteiger partial charge in [0.15, 0.2) is 23.0 Å². The van der Waals surface area contributed by atoms with Crippen LogP contribution in [0.25, 0.3) is 22.1 Å². The first-order valence-electron chi connectivity index (χ1n) is 24.6. The molecule has 2 fully saturated rings. The van der Waals surface area contributed by atoms with Gasteiger partial charge in [0, 0.05) is 73.4 Å². The number of carbonyl (C=O) groups is 1. The van der Waals surface area contributed by atoms with Crippen molar-refractivity contribution in [3.8, 4) is 23.0 Å². The lowest BCUT2D eigenvalue weighted by atomic mass is 10.0. The SMILES string of the molecule is CC(C)(C)OC(=O)N(Cc1ccc2c(c1)OCCO2)C1CCN(CCn2c(=O)cnc3ccc(Br)cc32)CC1.O=c1cnc2ccc(Br)cc2n1CCN1CCC(NCc2ccc3c(c2)OCCO3)CC1. The molecule has 10 rings (SSSR count). The molecule has 0 unspecified atom stereocenters. The summed E-state index contributed by atoms with van der Waals surface area (Å²) in [5.74, 6) is 3.12. The summed E-state index contributed by atoms with van der Waals surface area (Å²) in [6.45, 7) is 15.8. The maximum absolute atomic E-state index is 13.3. The summed E-state index contributed by atoms with van der Waals surface area (Å²) < 4.78 is 34.0. The van der Waals surface area contributed by atoms with E-state index in [0.29, 0.717) is 57.9 Å². The van der Waals surface area contributed by atoms with Crippen LogP contribution in [0, 0.1) is 0 Å². The van der Waals surface area contributed by atoms with Crippen molar-refractivity contribution < 1.29 is 28.5 Å². The molecular weight excluding hydrogens is 1040 g/mol. The van der Waals surface area contributed by atoms with Gasteiger partial charge in [-0.15, -0.1) is 0 Å². The Morgan fingerprint density at radius 2 is 1.13 bits per heavy atom. The minimum absolute atomic E-state index is 0.0461. The Bertz CT molecular complexity index is 2950. The fraction of sp³-hybridized carbons (Fsp3) is 0.453. The van der Waals surface area contributed by atoms with Gasteiger partial charge in [0.2, 0.25) is 0 Å². The van der Waals surface area contributed by atoms with E-state index in [9.17, 15) is 14.4 Å². The third-order valence-electron chi connectivity index (χ3n) is 13.3. The highest BCUT2D eigenvalue weighted by molar-refractivity contribution is 9.10. The summed E-state index contributed by atoms with van der Waals surface area (Å²) in [7, 11) is 0. The van der Waals surface area contributed by atoms with Gasteiger partial charge in [-0.05, 0) is 131 Å². The monoisotopic (exact) mass is 1100 g/mol. The quantitative estimate of drug-likeness (QED) is 0.126. The first-order valence-corrected chi connectivity index (χ1v) is 26.2. The second-order valence-electron chi connectivity index (χ2n) is 19.4. The van der Waals surface area contributed by atoms with E-state index in [1.165, 1.54) is 18.0 Å². The molecule has 2 saturated heterocycles. The zero-order valence-electron chi connectivity index (χ0n) is 40.6. The maximum atomic E-state index is 13.3. The van der Waals surface area contributed by atoms with E-state index in [0.717, 1.165) is 125 Å². The Morgan fingerprint density at radius 1 is 0.648 bits per heavy atom. The average Bonchev–Trinajstić information content (AvgIpc) is 3.37. The fourth-order valence-electron chi connectivity index (χ4n) is 9.54. The number of likely N-dealkylation sites (tertiary alicyclic amines) is 2. The second-order valence-corrected chi connectivity index (χ2v) is 21.2. The lowest BCUT2D eigenvalue weighted by molar-refractivity contribution is 0.00562. The van der Waals surface area contributed by atoms with Crippen molar-refractivity contribution in [3.63, 3.8) is 0 Å². The molecule has 4 aliphatic rings. The first-order chi connectivity index (χ1) is 34.3. The minimum Gasteiger partial charge on any atom is -0.486 e. The number of fused-ring (bicyclic) bond motifs is 4. The smallest absolute Gasteiger partial charge is 0.410 e. The molecule has 2 aromatic heterocycles. The molecule has 18 heteroatoms. The van der Waals surface area contributed by atoms with Crippen molar-refractivity contribution in [2.45, 2.75) is 90.3 Å². The number of carbonyl (C=O) groups excluding carboxylic acids is 1. The molecule has 0 saturated carbocycles. The van der Waals surface area contributed by atoms with E-state index in [4.69, 9.17) is 23.7 Å². The summed E-state index contributed by atoms with van der Waals surface area (Å²) in [5, 5.41) is 3.69. The van der Waals surface area contributed by atoms with Crippen molar-refractivity contribution in [1.82, 2.24) is 39.1 Å². The molecule has 0 radical (unpaired) electrons. The Balaban J connectivity index is 0.000000179. The van der Waals surface area contributed by atoms with Gasteiger partial charge < -0.3 is 52.8 Å². The number of nitrogens with one attached hydrogen (secondary N) is 1. The first kappa shape index (κ1) is 50.4. The van der Waals surface area contributed by atoms with Crippen LogP contribution in [0.2, 0.25) is 0 Å². The van der Waals surface area contributed by atoms with Crippen LogP contribution in [0.3, 0.4) is 0 Å². The van der Waals surface area contributed by atoms with Crippen LogP contribution in [0.5, 0.6) is 23.0 Å². The highest BCUT2D eigenvalue weighted by Crippen LogP contribution is 2.33. The number of ether oxygens (including phenoxy) is 5. The van der Waals surface area contributed by atoms with Crippen LogP contribution in [0.4, 0.5) is 4.79 Å². The molecule has 4 aliphatic heterocycles. The van der Waals surface area contributed by atoms with E-state index in [-0.39, 0.29) is 23.3 Å². The Labute approximate surface area is 430 Å². The van der Waals surface area contributed by atoms with Crippen molar-refractivity contribution in [2.75, 3.05) is 65.7 Å². The van der Waals surface area contributed by atoms with Crippen LogP contribution >= 0.6 is 31.9 Å². The Morgan fingerprint density at radius 3 is 1.65 bits per heavy atom. The topological polar surface area (TPSA) is 155 Å². The molecule has 4 aromatic carbocycles. The number of aromatic nitrogens is 4. The van der Waals surface area contributed by atoms with Crippen molar-refractivity contribution in [1.29, 1.82) is 0 Å². The molecule has 0 bridgehead atoms. The number of halogens is 2. The van der Waals surface area contributed by atoms with Crippen LogP contribution in [0.1, 0.15) is 57.6 Å². The predicted octanol–water partition coefficient (Wildman–Crippen LogP) is 8.02. The van der Waals surface area contributed by atoms with Crippen LogP contribution in [-0.2, 0) is 30.9 Å². The lowest BCUT2D eigenvalue weighted by Crippen LogP contribution is -2.49. The van der Waals surface area contributed by atoms with Gasteiger partial charge in [-0.2, -0.15) is 0 Å². The summed E-state index contributed by atoms with van der Waals surface area (Å²) in [6.07, 6.45) is 6.34. The van der Waals surface area contributed by atoms with Gasteiger partial charge in [0.25, 0.3) is 11.1 Å². The standard InChI is InChI=1S/C29H35BrN4O5.C24H27BrN4O3/c1-29(2,3)39-28(36)34(19-20-4-7-25-26(16-20)38-15-14-37-25)22-8-10-32(11-9-22)12-13-33-24-17-21(30)5-6-23(24)31-18-27(33)35;25-18-2-3-20-21(14-18)29(24(30)16-27-20)10-9-28-7-5-19(6-8-28)26-15-17-1-4-22-23(13-17)32-12-11-31-22/h4-7,16-18,22H,8-15,19H2,1-3H3;1-4,13-14,16,19,26H,5-12,15H2. The highest BCUT2D eigenvalue weighted by Gasteiger charge is 2.32. The second kappa shape index (κ2) is 22.9. The predicted molar refractivity (Wildman–Crippen MR) is 280 cm³/mol. The van der Waals surface area contributed by atoms with E-state index in [2.05, 4.69) is 69.1 Å². The zero-order chi connectivity index (χ0) is 49.5. The molecular formula is C53H62Br2N8O8. The summed E-state index contributed by atoms with van der Waals surface area (Å²) in [6, 6.07) is 24.2. The van der Waals surface area contributed by atoms with Gasteiger partial charge in [-0.3, -0.25) is 9.59 Å². The van der Waals surface area contributed by atoms with Gasteiger partial charge in [0.05, 0.1) is 34.5 Å². The van der Waals surface area contributed by atoms with Crippen LogP contribution < -0.4 is 35.4 Å². The molecule has 6 heterocycles. The third kappa shape index (κ3) is 13.1. The van der Waals surface area contributed by atoms with Crippen LogP contribution in [0.15, 0.2) is 104 Å². The molecule has 0 aliphatic carbocycles. The molecule has 0 spiro atoms. The Hall–Kier alpha value is -5.53. The average molecular weight is 1100 g/mol. The minimum atomic E-state index is -0.585. The van der Waals surface area contributed by atoms with Crippen molar-refractivity contribution in [3.05, 3.63) is 126 Å². The van der Waals surface area contributed by atoms with Gasteiger partial charge in [-0.1, -0.05) is 44.0 Å². The highest BCUT2D eigenvalue weighted by atomic mass is 79.9. The maximum Gasteiger partial charge on any atom is 0.410 e. The van der Waals surface area contributed by atoms with E-state index >= 15 is 0 Å². The van der Waals surface area contributed by atoms with Crippen LogP contribution in [-0.4, -0.2) is 123 Å². The number of rotatable bonds is 12. The van der Waals surface area contributed by atoms with Gasteiger partial charge in [0.1, 0.15) is 32.0 Å². The molecule has 1 N–H and O–H groups in total. The summed E-state index contributed by atoms with van der Waals surface area (Å²) >= 11 is 7.00. The molecule has 71 heavy (non-hydrogen) atoms. The lowest BCUT2D eigenvalue weighted by Gasteiger charge is -2.39. The Kier molecular flexibility index (Phi) is 16.3. The largest absolute Gasteiger partial charge is 0.486 e. The third-order valence-corrected chi connectivity index (χ3v) is 14.3. The molecule has 0 atom stereocenters. The van der Waals surface area contributed by atoms with E-state index < -0.39 is 5.60 Å². The summed E-state index contributed by atoms with van der Waals surface area (Å²) in [5.41, 5.74) is 4.79. The van der Waals surface area contributed by atoms with Crippen molar-refractivity contribution >= 4 is 60.0 Å². The number of amides is 1. The zero-order valence-corrected chi connectivity index (χ0v) is 43.8. The number of benzene rings is 4. The number of hydrogen-bond acceptors (Lipinski definition) is 13. The van der Waals surface area contributed by atoms with E-state index in [1.54, 1.807) is 4.57 Å². The van der Waals surface area contributed by atoms with Gasteiger partial charge in [-0.25, -0.2) is 14.8 Å². The normalized spacial score (nSPS) is 16.6. The molecule has 376 valence electrons. The molecule has 6 aromatic rings. The fourth-order valence-corrected chi connectivity index (χ4v) is 10.2. The number of hydrogen-bond donors (Lipinski definition) is 1. The number of piperidine rings is 2.